The third kappa shape index (κ3) is 6.31. The van der Waals surface area contributed by atoms with Crippen molar-refractivity contribution in [2.45, 2.75) is 0 Å². The zero-order valence-electron chi connectivity index (χ0n) is 35.0. The topological polar surface area (TPSA) is 16.3 Å². The predicted octanol–water partition coefficient (Wildman–Crippen LogP) is 16.5. The molecule has 0 fully saturated rings. The van der Waals surface area contributed by atoms with E-state index in [9.17, 15) is 0 Å². The van der Waals surface area contributed by atoms with Crippen molar-refractivity contribution < 1.29 is 0 Å². The third-order valence-electron chi connectivity index (χ3n) is 12.4. The largest absolute Gasteiger partial charge is 0.310 e. The second-order valence-corrected chi connectivity index (χ2v) is 16.2. The molecule has 0 bridgehead atoms. The Morgan fingerprint density at radius 1 is 0.250 bits per heavy atom. The van der Waals surface area contributed by atoms with Crippen LogP contribution in [0.4, 0.5) is 34.1 Å². The van der Waals surface area contributed by atoms with Gasteiger partial charge in [-0.3, -0.25) is 0 Å². The highest BCUT2D eigenvalue weighted by molar-refractivity contribution is 6.18. The molecule has 0 aliphatic rings. The molecule has 0 aliphatic carbocycles. The minimum absolute atomic E-state index is 1.04. The quantitative estimate of drug-likeness (QED) is 0.144. The van der Waals surface area contributed by atoms with Crippen LogP contribution in [0.5, 0.6) is 0 Å². The zero-order chi connectivity index (χ0) is 42.4. The highest BCUT2D eigenvalue weighted by atomic mass is 15.2. The van der Waals surface area contributed by atoms with E-state index in [1.807, 2.05) is 0 Å². The monoisotopic (exact) mass is 818 g/mol. The zero-order valence-corrected chi connectivity index (χ0v) is 35.0. The lowest BCUT2D eigenvalue weighted by atomic mass is 10.0. The molecule has 2 heterocycles. The number of nitrogens with zero attached hydrogens (tertiary/aromatic N) is 4. The maximum absolute atomic E-state index is 2.44. The standard InChI is InChI=1S/C60H42N4/c1-6-20-43(21-7-1)44-34-36-49(37-35-44)64-56-33-19-17-31-54(56)60-58(62(46-24-10-3-11-25-46)47-26-12-4-13-27-47)41-51(42-59(60)64)61(45-22-8-2-9-23-45)50-38-39-53-52-30-16-18-32-55(52)63(57(53)40-50)48-28-14-5-15-29-48/h1-42H. The van der Waals surface area contributed by atoms with Crippen LogP contribution in [0.1, 0.15) is 0 Å². The molecule has 0 unspecified atom stereocenters. The van der Waals surface area contributed by atoms with Crippen molar-refractivity contribution in [2.24, 2.45) is 0 Å². The number of rotatable bonds is 9. The van der Waals surface area contributed by atoms with Crippen LogP contribution in [0.15, 0.2) is 255 Å². The van der Waals surface area contributed by atoms with Crippen molar-refractivity contribution in [3.05, 3.63) is 255 Å². The molecule has 10 aromatic carbocycles. The summed E-state index contributed by atoms with van der Waals surface area (Å²) in [6, 6.07) is 91.9. The van der Waals surface area contributed by atoms with Crippen LogP contribution in [0.3, 0.4) is 0 Å². The lowest BCUT2D eigenvalue weighted by Gasteiger charge is -2.30. The molecule has 0 aliphatic heterocycles. The fourth-order valence-corrected chi connectivity index (χ4v) is 9.64. The average Bonchev–Trinajstić information content (AvgIpc) is 3.88. The van der Waals surface area contributed by atoms with Crippen molar-refractivity contribution in [2.75, 3.05) is 9.80 Å². The highest BCUT2D eigenvalue weighted by Crippen LogP contribution is 2.49. The Balaban J connectivity index is 1.17. The number of fused-ring (bicyclic) bond motifs is 6. The fraction of sp³-hybridized carbons (Fsp3) is 0. The first kappa shape index (κ1) is 37.2. The van der Waals surface area contributed by atoms with E-state index in [-0.39, 0.29) is 0 Å². The molecule has 64 heavy (non-hydrogen) atoms. The maximum Gasteiger partial charge on any atom is 0.0583 e. The van der Waals surface area contributed by atoms with Crippen LogP contribution >= 0.6 is 0 Å². The van der Waals surface area contributed by atoms with Gasteiger partial charge in [0.25, 0.3) is 0 Å². The Hall–Kier alpha value is -8.60. The van der Waals surface area contributed by atoms with E-state index in [0.717, 1.165) is 62.0 Å². The number of benzene rings is 10. The van der Waals surface area contributed by atoms with Gasteiger partial charge < -0.3 is 18.9 Å². The summed E-state index contributed by atoms with van der Waals surface area (Å²) in [5.74, 6) is 0. The Morgan fingerprint density at radius 3 is 1.31 bits per heavy atom. The first-order valence-corrected chi connectivity index (χ1v) is 21.9. The van der Waals surface area contributed by atoms with Gasteiger partial charge in [0.15, 0.2) is 0 Å². The van der Waals surface area contributed by atoms with E-state index in [2.05, 4.69) is 274 Å². The van der Waals surface area contributed by atoms with Crippen molar-refractivity contribution in [3.8, 4) is 22.5 Å². The van der Waals surface area contributed by atoms with Crippen LogP contribution in [0.25, 0.3) is 66.1 Å². The molecule has 4 nitrogen and oxygen atoms in total. The molecule has 0 N–H and O–H groups in total. The summed E-state index contributed by atoms with van der Waals surface area (Å²) < 4.78 is 4.84. The second kappa shape index (κ2) is 15.7. The van der Waals surface area contributed by atoms with Crippen molar-refractivity contribution >= 4 is 77.7 Å². The van der Waals surface area contributed by atoms with E-state index < -0.39 is 0 Å². The highest BCUT2D eigenvalue weighted by Gasteiger charge is 2.25. The van der Waals surface area contributed by atoms with Crippen LogP contribution < -0.4 is 9.80 Å². The summed E-state index contributed by atoms with van der Waals surface area (Å²) in [6.45, 7) is 0. The SMILES string of the molecule is c1ccc(-c2ccc(-n3c4ccccc4c4c(N(c5ccccc5)c5ccccc5)cc(N(c5ccccc5)c5ccc6c7ccccc7n(-c7ccccc7)c6c5)cc43)cc2)cc1. The molecule has 12 aromatic rings. The van der Waals surface area contributed by atoms with E-state index in [0.29, 0.717) is 0 Å². The smallest absolute Gasteiger partial charge is 0.0583 e. The van der Waals surface area contributed by atoms with Crippen molar-refractivity contribution in [1.29, 1.82) is 0 Å². The number of hydrogen-bond donors (Lipinski definition) is 0. The maximum atomic E-state index is 2.44. The molecular weight excluding hydrogens is 777 g/mol. The summed E-state index contributed by atoms with van der Waals surface area (Å²) in [5, 5.41) is 4.80. The molecule has 2 aromatic heterocycles. The molecule has 0 radical (unpaired) electrons. The number of para-hydroxylation sites is 6. The van der Waals surface area contributed by atoms with E-state index in [1.165, 1.54) is 38.2 Å². The predicted molar refractivity (Wildman–Crippen MR) is 270 cm³/mol. The summed E-state index contributed by atoms with van der Waals surface area (Å²) in [4.78, 5) is 4.84. The normalized spacial score (nSPS) is 11.4. The molecule has 0 amide bonds. The van der Waals surface area contributed by atoms with Gasteiger partial charge in [0, 0.05) is 55.7 Å². The molecule has 0 atom stereocenters. The number of anilines is 6. The first-order valence-electron chi connectivity index (χ1n) is 21.9. The number of aromatic nitrogens is 2. The van der Waals surface area contributed by atoms with Gasteiger partial charge in [-0.2, -0.15) is 0 Å². The van der Waals surface area contributed by atoms with Gasteiger partial charge in [-0.25, -0.2) is 0 Å². The molecule has 0 spiro atoms. The molecule has 302 valence electrons. The molecule has 4 heteroatoms. The van der Waals surface area contributed by atoms with E-state index >= 15 is 0 Å². The fourth-order valence-electron chi connectivity index (χ4n) is 9.64. The average molecular weight is 819 g/mol. The van der Waals surface area contributed by atoms with Gasteiger partial charge in [0.1, 0.15) is 0 Å². The lowest BCUT2D eigenvalue weighted by Crippen LogP contribution is -2.14. The lowest BCUT2D eigenvalue weighted by molar-refractivity contribution is 1.17. The number of hydrogen-bond acceptors (Lipinski definition) is 2. The molecular formula is C60H42N4. The minimum Gasteiger partial charge on any atom is -0.310 e. The Kier molecular flexibility index (Phi) is 9.12. The van der Waals surface area contributed by atoms with E-state index in [1.54, 1.807) is 0 Å². The summed E-state index contributed by atoms with van der Waals surface area (Å²) in [6.07, 6.45) is 0. The Morgan fingerprint density at radius 2 is 0.688 bits per heavy atom. The van der Waals surface area contributed by atoms with E-state index in [4.69, 9.17) is 0 Å². The van der Waals surface area contributed by atoms with Gasteiger partial charge in [0.05, 0.1) is 33.4 Å². The van der Waals surface area contributed by atoms with Crippen LogP contribution in [0, 0.1) is 0 Å². The van der Waals surface area contributed by atoms with Crippen LogP contribution in [0.2, 0.25) is 0 Å². The van der Waals surface area contributed by atoms with Gasteiger partial charge in [-0.15, -0.1) is 0 Å². The Bertz CT molecular complexity index is 3540. The minimum atomic E-state index is 1.04. The van der Waals surface area contributed by atoms with Crippen molar-refractivity contribution in [3.63, 3.8) is 0 Å². The molecule has 12 rings (SSSR count). The van der Waals surface area contributed by atoms with Gasteiger partial charge in [-0.05, 0) is 108 Å². The summed E-state index contributed by atoms with van der Waals surface area (Å²) >= 11 is 0. The van der Waals surface area contributed by atoms with Gasteiger partial charge in [0.2, 0.25) is 0 Å². The van der Waals surface area contributed by atoms with Crippen molar-refractivity contribution in [1.82, 2.24) is 9.13 Å². The summed E-state index contributed by atoms with van der Waals surface area (Å²) in [7, 11) is 0. The van der Waals surface area contributed by atoms with Crippen LogP contribution in [-0.4, -0.2) is 9.13 Å². The summed E-state index contributed by atoms with van der Waals surface area (Å²) in [5.41, 5.74) is 15.6. The van der Waals surface area contributed by atoms with Gasteiger partial charge >= 0.3 is 0 Å². The van der Waals surface area contributed by atoms with Crippen LogP contribution in [-0.2, 0) is 0 Å². The molecule has 0 saturated heterocycles. The second-order valence-electron chi connectivity index (χ2n) is 16.2. The third-order valence-corrected chi connectivity index (χ3v) is 12.4. The van der Waals surface area contributed by atoms with Gasteiger partial charge in [-0.1, -0.05) is 158 Å². The first-order chi connectivity index (χ1) is 31.8. The molecule has 0 saturated carbocycles. The Labute approximate surface area is 372 Å².